The van der Waals surface area contributed by atoms with E-state index in [1.807, 2.05) is 26.2 Å². The van der Waals surface area contributed by atoms with Crippen LogP contribution < -0.4 is 5.32 Å². The molecule has 9 heteroatoms. The molecule has 1 heterocycles. The molecule has 1 spiro atoms. The molecule has 0 radical (unpaired) electrons. The minimum absolute atomic E-state index is 0.214. The fraction of sp³-hybridized carbons (Fsp3) is 0.500. The number of halogens is 3. The van der Waals surface area contributed by atoms with Crippen LogP contribution in [0.2, 0.25) is 0 Å². The maximum absolute atomic E-state index is 13.0. The van der Waals surface area contributed by atoms with Gasteiger partial charge in [0, 0.05) is 11.2 Å². The van der Waals surface area contributed by atoms with Gasteiger partial charge < -0.3 is 10.4 Å². The van der Waals surface area contributed by atoms with Gasteiger partial charge in [0.1, 0.15) is 11.4 Å². The molecule has 3 rings (SSSR count). The Morgan fingerprint density at radius 3 is 2.39 bits per heavy atom. The monoisotopic (exact) mass is 464 g/mol. The van der Waals surface area contributed by atoms with Gasteiger partial charge in [-0.05, 0) is 89.7 Å². The molecule has 0 unspecified atom stereocenters. The molecule has 0 bridgehead atoms. The number of hydrogen-bond acceptors (Lipinski definition) is 4. The normalized spacial score (nSPS) is 27.1. The van der Waals surface area contributed by atoms with E-state index in [4.69, 9.17) is 0 Å². The van der Waals surface area contributed by atoms with Gasteiger partial charge in [0.05, 0.1) is 12.1 Å². The number of amides is 2. The van der Waals surface area contributed by atoms with Crippen molar-refractivity contribution >= 4 is 12.7 Å². The number of nitrogens with one attached hydrogen (secondary N) is 1. The summed E-state index contributed by atoms with van der Waals surface area (Å²) in [6.07, 6.45) is -0.765. The van der Waals surface area contributed by atoms with Crippen molar-refractivity contribution in [2.24, 2.45) is 4.99 Å². The first-order valence-corrected chi connectivity index (χ1v) is 10.8. The predicted molar refractivity (Wildman–Crippen MR) is 122 cm³/mol. The summed E-state index contributed by atoms with van der Waals surface area (Å²) in [6, 6.07) is 6.95. The Kier molecular flexibility index (Phi) is 6.66. The predicted octanol–water partition coefficient (Wildman–Crippen LogP) is 4.93. The Morgan fingerprint density at radius 2 is 1.88 bits per heavy atom. The molecule has 180 valence electrons. The number of aromatic hydroxyl groups is 1. The molecule has 1 aromatic rings. The number of carbonyl (C=O) groups is 1. The number of allylic oxidation sites excluding steroid dienone is 4. The highest BCUT2D eigenvalue weighted by atomic mass is 19.4. The highest BCUT2D eigenvalue weighted by molar-refractivity contribution is 5.80. The lowest BCUT2D eigenvalue weighted by atomic mass is 9.69. The molecule has 1 aliphatic carbocycles. The summed E-state index contributed by atoms with van der Waals surface area (Å²) in [5, 5.41) is 13.1. The topological polar surface area (TPSA) is 68.2 Å². The zero-order valence-corrected chi connectivity index (χ0v) is 19.5. The van der Waals surface area contributed by atoms with E-state index in [1.54, 1.807) is 19.1 Å². The SMILES string of the molecule is C=N/C(=C\C(C)=C(/C)N1C[C@]2(CC[C@](c3cccc(O)c3)(N(C)C)CC2)NC1=O)C(F)(F)F. The summed E-state index contributed by atoms with van der Waals surface area (Å²) in [5.41, 5.74) is -0.0387. The van der Waals surface area contributed by atoms with Crippen LogP contribution in [0, 0.1) is 0 Å². The average Bonchev–Trinajstić information content (AvgIpc) is 3.06. The number of phenols is 1. The van der Waals surface area contributed by atoms with Crippen LogP contribution in [0.1, 0.15) is 45.1 Å². The first kappa shape index (κ1) is 24.8. The van der Waals surface area contributed by atoms with Crippen LogP contribution in [0.15, 0.2) is 52.3 Å². The number of rotatable bonds is 5. The van der Waals surface area contributed by atoms with Gasteiger partial charge in [0.15, 0.2) is 0 Å². The average molecular weight is 465 g/mol. The lowest BCUT2D eigenvalue weighted by molar-refractivity contribution is -0.0922. The fourth-order valence-corrected chi connectivity index (χ4v) is 4.93. The largest absolute Gasteiger partial charge is 0.508 e. The van der Waals surface area contributed by atoms with Gasteiger partial charge in [0.2, 0.25) is 0 Å². The van der Waals surface area contributed by atoms with Gasteiger partial charge in [-0.25, -0.2) is 4.79 Å². The van der Waals surface area contributed by atoms with E-state index >= 15 is 0 Å². The Hall–Kier alpha value is -2.81. The van der Waals surface area contributed by atoms with E-state index in [1.165, 1.54) is 11.8 Å². The van der Waals surface area contributed by atoms with Crippen LogP contribution in [-0.4, -0.2) is 60.0 Å². The number of alkyl halides is 3. The minimum Gasteiger partial charge on any atom is -0.508 e. The van der Waals surface area contributed by atoms with E-state index in [-0.39, 0.29) is 17.3 Å². The van der Waals surface area contributed by atoms with Gasteiger partial charge in [-0.2, -0.15) is 13.2 Å². The number of carbonyl (C=O) groups excluding carboxylic acids is 1. The smallest absolute Gasteiger partial charge is 0.433 e. The van der Waals surface area contributed by atoms with Crippen molar-refractivity contribution in [2.75, 3.05) is 20.6 Å². The Balaban J connectivity index is 1.83. The second-order valence-electron chi connectivity index (χ2n) is 9.23. The van der Waals surface area contributed by atoms with E-state index in [0.717, 1.165) is 24.5 Å². The third kappa shape index (κ3) is 4.78. The van der Waals surface area contributed by atoms with Crippen molar-refractivity contribution in [2.45, 2.75) is 56.8 Å². The maximum Gasteiger partial charge on any atom is 0.433 e. The second kappa shape index (κ2) is 8.85. The van der Waals surface area contributed by atoms with Crippen molar-refractivity contribution in [3.8, 4) is 5.75 Å². The third-order valence-corrected chi connectivity index (χ3v) is 7.14. The molecule has 33 heavy (non-hydrogen) atoms. The minimum atomic E-state index is -4.61. The highest BCUT2D eigenvalue weighted by Crippen LogP contribution is 2.47. The summed E-state index contributed by atoms with van der Waals surface area (Å²) in [5.74, 6) is 0.214. The van der Waals surface area contributed by atoms with Crippen LogP contribution in [0.25, 0.3) is 0 Å². The van der Waals surface area contributed by atoms with Gasteiger partial charge in [-0.1, -0.05) is 12.1 Å². The molecule has 1 aliphatic heterocycles. The Labute approximate surface area is 192 Å². The van der Waals surface area contributed by atoms with Crippen LogP contribution in [-0.2, 0) is 5.54 Å². The molecule has 2 N–H and O–H groups in total. The van der Waals surface area contributed by atoms with Crippen molar-refractivity contribution in [1.82, 2.24) is 15.1 Å². The number of nitrogens with zero attached hydrogens (tertiary/aromatic N) is 3. The van der Waals surface area contributed by atoms with Gasteiger partial charge in [0.25, 0.3) is 0 Å². The highest BCUT2D eigenvalue weighted by Gasteiger charge is 2.50. The summed E-state index contributed by atoms with van der Waals surface area (Å²) in [6.45, 7) is 6.56. The standard InChI is InChI=1S/C24H31F3N4O2/c1-16(13-20(28-3)24(25,26)27)17(2)31-15-22(29-21(31)33)9-11-23(12-10-22,30(4)5)18-7-6-8-19(32)14-18/h6-8,13-14,32H,3,9-12,15H2,1-2,4-5H3,(H,29,33)/b17-16+,20-13-/t22-,23+. The Morgan fingerprint density at radius 1 is 1.24 bits per heavy atom. The third-order valence-electron chi connectivity index (χ3n) is 7.14. The number of aliphatic imine (C=N–C) groups is 1. The lowest BCUT2D eigenvalue weighted by Crippen LogP contribution is -2.54. The van der Waals surface area contributed by atoms with Crippen LogP contribution in [0.5, 0.6) is 5.75 Å². The molecule has 0 aromatic heterocycles. The van der Waals surface area contributed by atoms with Crippen LogP contribution in [0.3, 0.4) is 0 Å². The van der Waals surface area contributed by atoms with Crippen LogP contribution in [0.4, 0.5) is 18.0 Å². The first-order valence-electron chi connectivity index (χ1n) is 10.8. The first-order chi connectivity index (χ1) is 15.3. The molecule has 1 aromatic carbocycles. The maximum atomic E-state index is 13.0. The number of phenolic OH excluding ortho intramolecular Hbond substituents is 1. The zero-order valence-electron chi connectivity index (χ0n) is 19.5. The lowest BCUT2D eigenvalue weighted by Gasteiger charge is -2.48. The Bertz CT molecular complexity index is 990. The fourth-order valence-electron chi connectivity index (χ4n) is 4.93. The van der Waals surface area contributed by atoms with Crippen molar-refractivity contribution in [3.05, 3.63) is 52.9 Å². The van der Waals surface area contributed by atoms with Gasteiger partial charge >= 0.3 is 12.2 Å². The van der Waals surface area contributed by atoms with E-state index in [2.05, 4.69) is 21.9 Å². The molecule has 2 aliphatic rings. The summed E-state index contributed by atoms with van der Waals surface area (Å²) >= 11 is 0. The summed E-state index contributed by atoms with van der Waals surface area (Å²) in [4.78, 5) is 19.6. The van der Waals surface area contributed by atoms with E-state index < -0.39 is 17.4 Å². The van der Waals surface area contributed by atoms with E-state index in [0.29, 0.717) is 30.7 Å². The summed E-state index contributed by atoms with van der Waals surface area (Å²) < 4.78 is 39.1. The molecule has 6 nitrogen and oxygen atoms in total. The van der Waals surface area contributed by atoms with Crippen molar-refractivity contribution < 1.29 is 23.1 Å². The second-order valence-corrected chi connectivity index (χ2v) is 9.23. The van der Waals surface area contributed by atoms with Crippen molar-refractivity contribution in [1.29, 1.82) is 0 Å². The number of benzene rings is 1. The quantitative estimate of drug-likeness (QED) is 0.480. The number of hydrogen-bond donors (Lipinski definition) is 2. The molecular formula is C24H31F3N4O2. The molecule has 1 saturated heterocycles. The molecular weight excluding hydrogens is 433 g/mol. The molecule has 2 fully saturated rings. The van der Waals surface area contributed by atoms with E-state index in [9.17, 15) is 23.1 Å². The van der Waals surface area contributed by atoms with Gasteiger partial charge in [-0.15, -0.1) is 0 Å². The van der Waals surface area contributed by atoms with Gasteiger partial charge in [-0.3, -0.25) is 14.8 Å². The molecule has 2 amide bonds. The number of urea groups is 1. The zero-order chi connectivity index (χ0) is 24.6. The summed E-state index contributed by atoms with van der Waals surface area (Å²) in [7, 11) is 4.02. The molecule has 0 atom stereocenters. The van der Waals surface area contributed by atoms with Crippen molar-refractivity contribution in [3.63, 3.8) is 0 Å². The van der Waals surface area contributed by atoms with Crippen LogP contribution >= 0.6 is 0 Å². The molecule has 1 saturated carbocycles.